The number of oxime groups is 1. The Morgan fingerprint density at radius 2 is 1.70 bits per heavy atom. The molecule has 0 aromatic heterocycles. The molecule has 0 amide bonds. The third-order valence-electron chi connectivity index (χ3n) is 2.89. The molecule has 2 rings (SSSR count). The molecule has 0 aliphatic heterocycles. The fourth-order valence-corrected chi connectivity index (χ4v) is 2.24. The maximum absolute atomic E-state index is 5.99. The van der Waals surface area contributed by atoms with Crippen LogP contribution in [0.25, 0.3) is 0 Å². The largest absolute Gasteiger partial charge is 0.497 e. The molecular weight excluding hydrogens is 339 g/mol. The van der Waals surface area contributed by atoms with Gasteiger partial charge in [-0.3, -0.25) is 0 Å². The van der Waals surface area contributed by atoms with E-state index in [2.05, 4.69) is 5.16 Å². The van der Waals surface area contributed by atoms with Gasteiger partial charge in [0.2, 0.25) is 0 Å². The molecule has 23 heavy (non-hydrogen) atoms. The van der Waals surface area contributed by atoms with Crippen LogP contribution < -0.4 is 15.2 Å². The average molecular weight is 355 g/mol. The van der Waals surface area contributed by atoms with Crippen LogP contribution in [0.2, 0.25) is 10.0 Å². The second-order valence-electron chi connectivity index (χ2n) is 4.44. The second-order valence-corrected chi connectivity index (χ2v) is 5.25. The molecule has 0 bridgehead atoms. The van der Waals surface area contributed by atoms with E-state index in [1.807, 2.05) is 0 Å². The van der Waals surface area contributed by atoms with Crippen LogP contribution in [0.1, 0.15) is 5.56 Å². The number of amidine groups is 1. The van der Waals surface area contributed by atoms with E-state index < -0.39 is 0 Å². The standard InChI is InChI=1S/C16H16Cl2N2O3/c1-21-12-7-5-11(6-8-12)16(19)20-23-10-9-22-15-13(17)3-2-4-14(15)18/h2-8H,9-10H2,1H3,(H2,19,20). The van der Waals surface area contributed by atoms with Crippen molar-refractivity contribution in [2.75, 3.05) is 20.3 Å². The molecule has 7 heteroatoms. The lowest BCUT2D eigenvalue weighted by atomic mass is 10.2. The number of methoxy groups -OCH3 is 1. The van der Waals surface area contributed by atoms with E-state index in [1.165, 1.54) is 0 Å². The highest BCUT2D eigenvalue weighted by Gasteiger charge is 2.06. The molecule has 0 aliphatic carbocycles. The van der Waals surface area contributed by atoms with Crippen molar-refractivity contribution in [1.82, 2.24) is 0 Å². The van der Waals surface area contributed by atoms with E-state index in [1.54, 1.807) is 49.6 Å². The Kier molecular flexibility index (Phi) is 6.38. The first-order valence-corrected chi connectivity index (χ1v) is 7.54. The predicted octanol–water partition coefficient (Wildman–Crippen LogP) is 3.72. The monoisotopic (exact) mass is 354 g/mol. The van der Waals surface area contributed by atoms with E-state index >= 15 is 0 Å². The summed E-state index contributed by atoms with van der Waals surface area (Å²) >= 11 is 12.0. The Labute approximate surface area is 144 Å². The number of halogens is 2. The van der Waals surface area contributed by atoms with Crippen LogP contribution in [-0.4, -0.2) is 26.2 Å². The summed E-state index contributed by atoms with van der Waals surface area (Å²) in [6.45, 7) is 0.446. The van der Waals surface area contributed by atoms with E-state index in [4.69, 9.17) is 43.2 Å². The van der Waals surface area contributed by atoms with E-state index in [9.17, 15) is 0 Å². The zero-order valence-corrected chi connectivity index (χ0v) is 14.0. The Bertz CT molecular complexity index is 655. The lowest BCUT2D eigenvalue weighted by molar-refractivity contribution is 0.107. The fraction of sp³-hybridized carbons (Fsp3) is 0.188. The van der Waals surface area contributed by atoms with Gasteiger partial charge in [0.1, 0.15) is 12.4 Å². The minimum absolute atomic E-state index is 0.207. The first-order valence-electron chi connectivity index (χ1n) is 6.78. The molecule has 2 aromatic rings. The number of ether oxygens (including phenoxy) is 2. The van der Waals surface area contributed by atoms with Gasteiger partial charge >= 0.3 is 0 Å². The maximum Gasteiger partial charge on any atom is 0.170 e. The van der Waals surface area contributed by atoms with Crippen molar-refractivity contribution < 1.29 is 14.3 Å². The summed E-state index contributed by atoms with van der Waals surface area (Å²) in [6, 6.07) is 12.3. The summed E-state index contributed by atoms with van der Waals surface area (Å²) in [6.07, 6.45) is 0. The third-order valence-corrected chi connectivity index (χ3v) is 3.48. The topological polar surface area (TPSA) is 66.1 Å². The molecule has 0 saturated carbocycles. The van der Waals surface area contributed by atoms with E-state index in [0.29, 0.717) is 15.8 Å². The molecule has 0 saturated heterocycles. The molecule has 0 atom stereocenters. The van der Waals surface area contributed by atoms with Crippen LogP contribution in [0.4, 0.5) is 0 Å². The third kappa shape index (κ3) is 4.94. The predicted molar refractivity (Wildman–Crippen MR) is 91.6 cm³/mol. The van der Waals surface area contributed by atoms with Gasteiger partial charge in [-0.05, 0) is 36.4 Å². The molecule has 2 aromatic carbocycles. The Hall–Kier alpha value is -2.11. The number of benzene rings is 2. The zero-order valence-electron chi connectivity index (χ0n) is 12.5. The van der Waals surface area contributed by atoms with Crippen LogP contribution in [-0.2, 0) is 4.84 Å². The quantitative estimate of drug-likeness (QED) is 0.356. The summed E-state index contributed by atoms with van der Waals surface area (Å²) in [7, 11) is 1.60. The van der Waals surface area contributed by atoms with Crippen molar-refractivity contribution in [1.29, 1.82) is 0 Å². The van der Waals surface area contributed by atoms with Crippen molar-refractivity contribution in [2.45, 2.75) is 0 Å². The molecule has 0 fully saturated rings. The van der Waals surface area contributed by atoms with Gasteiger partial charge in [0.15, 0.2) is 18.2 Å². The lowest BCUT2D eigenvalue weighted by Crippen LogP contribution is -2.15. The molecule has 5 nitrogen and oxygen atoms in total. The van der Waals surface area contributed by atoms with Gasteiger partial charge in [-0.25, -0.2) is 0 Å². The smallest absolute Gasteiger partial charge is 0.170 e. The Morgan fingerprint density at radius 3 is 2.30 bits per heavy atom. The fourth-order valence-electron chi connectivity index (χ4n) is 1.73. The Balaban J connectivity index is 1.81. The maximum atomic E-state index is 5.99. The molecular formula is C16H16Cl2N2O3. The summed E-state index contributed by atoms with van der Waals surface area (Å²) in [4.78, 5) is 5.13. The van der Waals surface area contributed by atoms with Crippen molar-refractivity contribution in [3.8, 4) is 11.5 Å². The van der Waals surface area contributed by atoms with Gasteiger partial charge in [0.25, 0.3) is 0 Å². The van der Waals surface area contributed by atoms with Crippen molar-refractivity contribution in [3.63, 3.8) is 0 Å². The summed E-state index contributed by atoms with van der Waals surface area (Å²) in [5.74, 6) is 1.43. The van der Waals surface area contributed by atoms with Crippen LogP contribution in [0, 0.1) is 0 Å². The SMILES string of the molecule is COc1ccc(/C(N)=N/OCCOc2c(Cl)cccc2Cl)cc1. The molecule has 0 unspecified atom stereocenters. The molecule has 2 N–H and O–H groups in total. The van der Waals surface area contributed by atoms with Crippen molar-refractivity contribution >= 4 is 29.0 Å². The van der Waals surface area contributed by atoms with Crippen LogP contribution in [0.5, 0.6) is 11.5 Å². The molecule has 0 heterocycles. The number of hydrogen-bond donors (Lipinski definition) is 1. The van der Waals surface area contributed by atoms with Crippen LogP contribution in [0.15, 0.2) is 47.6 Å². The van der Waals surface area contributed by atoms with Crippen molar-refractivity contribution in [2.24, 2.45) is 10.9 Å². The summed E-state index contributed by atoms with van der Waals surface area (Å²) in [5, 5.41) is 4.72. The highest BCUT2D eigenvalue weighted by molar-refractivity contribution is 6.37. The second kappa shape index (κ2) is 8.50. The van der Waals surface area contributed by atoms with Crippen LogP contribution >= 0.6 is 23.2 Å². The minimum atomic E-state index is 0.207. The average Bonchev–Trinajstić information content (AvgIpc) is 2.56. The van der Waals surface area contributed by atoms with Gasteiger partial charge in [-0.2, -0.15) is 0 Å². The number of para-hydroxylation sites is 1. The number of nitrogens with zero attached hydrogens (tertiary/aromatic N) is 1. The van der Waals surface area contributed by atoms with Crippen molar-refractivity contribution in [3.05, 3.63) is 58.1 Å². The van der Waals surface area contributed by atoms with E-state index in [0.717, 1.165) is 11.3 Å². The van der Waals surface area contributed by atoms with Gasteiger partial charge in [0, 0.05) is 5.56 Å². The number of rotatable bonds is 7. The van der Waals surface area contributed by atoms with Gasteiger partial charge in [-0.1, -0.05) is 34.4 Å². The molecule has 0 radical (unpaired) electrons. The molecule has 0 spiro atoms. The highest BCUT2D eigenvalue weighted by Crippen LogP contribution is 2.32. The van der Waals surface area contributed by atoms with Gasteiger partial charge < -0.3 is 20.0 Å². The highest BCUT2D eigenvalue weighted by atomic mass is 35.5. The molecule has 122 valence electrons. The lowest BCUT2D eigenvalue weighted by Gasteiger charge is -2.09. The first kappa shape index (κ1) is 17.2. The number of hydrogen-bond acceptors (Lipinski definition) is 4. The zero-order chi connectivity index (χ0) is 16.7. The number of nitrogens with two attached hydrogens (primary N) is 1. The van der Waals surface area contributed by atoms with E-state index in [-0.39, 0.29) is 19.0 Å². The Morgan fingerprint density at radius 1 is 1.04 bits per heavy atom. The summed E-state index contributed by atoms with van der Waals surface area (Å²) < 4.78 is 10.5. The van der Waals surface area contributed by atoms with Gasteiger partial charge in [0.05, 0.1) is 17.2 Å². The summed E-state index contributed by atoms with van der Waals surface area (Å²) in [5.41, 5.74) is 6.57. The van der Waals surface area contributed by atoms with Crippen LogP contribution in [0.3, 0.4) is 0 Å². The molecule has 0 aliphatic rings. The van der Waals surface area contributed by atoms with Gasteiger partial charge in [-0.15, -0.1) is 0 Å². The normalized spacial score (nSPS) is 11.2. The first-order chi connectivity index (χ1) is 11.1. The minimum Gasteiger partial charge on any atom is -0.497 e.